The van der Waals surface area contributed by atoms with Crippen molar-refractivity contribution < 1.29 is 13.6 Å². The summed E-state index contributed by atoms with van der Waals surface area (Å²) in [5.41, 5.74) is 1.49. The van der Waals surface area contributed by atoms with Crippen LogP contribution < -0.4 is 5.32 Å². The number of nitrogens with zero attached hydrogens (tertiary/aromatic N) is 2. The van der Waals surface area contributed by atoms with E-state index < -0.39 is 17.7 Å². The van der Waals surface area contributed by atoms with Crippen LogP contribution >= 0.6 is 11.6 Å². The summed E-state index contributed by atoms with van der Waals surface area (Å²) in [6.45, 7) is 8.41. The van der Waals surface area contributed by atoms with Crippen LogP contribution in [0, 0.1) is 29.4 Å². The Balaban J connectivity index is 1.92. The number of hydrogen-bond acceptors (Lipinski definition) is 2. The van der Waals surface area contributed by atoms with Crippen LogP contribution in [0.5, 0.6) is 0 Å². The molecular weight excluding hydrogens is 468 g/mol. The van der Waals surface area contributed by atoms with Crippen molar-refractivity contribution in [1.29, 1.82) is 0 Å². The molecule has 7 heteroatoms. The van der Waals surface area contributed by atoms with Crippen LogP contribution in [0.2, 0.25) is 5.02 Å². The van der Waals surface area contributed by atoms with Gasteiger partial charge in [0.1, 0.15) is 11.9 Å². The summed E-state index contributed by atoms with van der Waals surface area (Å²) in [6, 6.07) is 8.86. The first-order valence-electron chi connectivity index (χ1n) is 12.6. The number of fused-ring (bicyclic) bond motifs is 1. The quantitative estimate of drug-likeness (QED) is 0.363. The van der Waals surface area contributed by atoms with Crippen molar-refractivity contribution in [2.24, 2.45) is 17.8 Å². The number of imidazole rings is 1. The minimum Gasteiger partial charge on any atom is -0.351 e. The van der Waals surface area contributed by atoms with Gasteiger partial charge in [-0.05, 0) is 54.9 Å². The molecule has 0 saturated heterocycles. The molecule has 1 aliphatic rings. The number of benzene rings is 2. The van der Waals surface area contributed by atoms with E-state index in [2.05, 4.69) is 33.0 Å². The zero-order valence-corrected chi connectivity index (χ0v) is 21.6. The number of aromatic nitrogens is 2. The number of carbonyl (C=O) groups excluding carboxylic acids is 1. The highest BCUT2D eigenvalue weighted by molar-refractivity contribution is 6.30. The third-order valence-corrected chi connectivity index (χ3v) is 7.47. The molecule has 0 bridgehead atoms. The SMILES string of the molecule is CC(C)C(NC(=O)C(C1CCCCC1)n1c(-c2ccc(Cl)cc2)nc2cc(F)c(F)cc21)C(C)C. The van der Waals surface area contributed by atoms with Gasteiger partial charge in [-0.1, -0.05) is 58.6 Å². The largest absolute Gasteiger partial charge is 0.351 e. The summed E-state index contributed by atoms with van der Waals surface area (Å²) in [5, 5.41) is 3.88. The maximum atomic E-state index is 14.5. The molecule has 1 N–H and O–H groups in total. The van der Waals surface area contributed by atoms with Gasteiger partial charge in [-0.3, -0.25) is 4.79 Å². The monoisotopic (exact) mass is 501 g/mol. The van der Waals surface area contributed by atoms with Crippen molar-refractivity contribution in [3.05, 3.63) is 53.1 Å². The summed E-state index contributed by atoms with van der Waals surface area (Å²) < 4.78 is 30.5. The van der Waals surface area contributed by atoms with Gasteiger partial charge in [0, 0.05) is 28.8 Å². The Morgan fingerprint density at radius 3 is 2.20 bits per heavy atom. The smallest absolute Gasteiger partial charge is 0.243 e. The highest BCUT2D eigenvalue weighted by Gasteiger charge is 2.36. The van der Waals surface area contributed by atoms with Gasteiger partial charge in [-0.15, -0.1) is 0 Å². The molecule has 3 aromatic rings. The molecule has 0 spiro atoms. The van der Waals surface area contributed by atoms with Gasteiger partial charge in [0.05, 0.1) is 11.0 Å². The fourth-order valence-corrected chi connectivity index (χ4v) is 5.65. The second-order valence-corrected chi connectivity index (χ2v) is 10.9. The number of nitrogens with one attached hydrogen (secondary N) is 1. The van der Waals surface area contributed by atoms with E-state index in [1.807, 2.05) is 16.7 Å². The third kappa shape index (κ3) is 5.37. The molecular formula is C28H34ClF2N3O. The lowest BCUT2D eigenvalue weighted by molar-refractivity contribution is -0.127. The average molecular weight is 502 g/mol. The van der Waals surface area contributed by atoms with Crippen molar-refractivity contribution in [3.8, 4) is 11.4 Å². The van der Waals surface area contributed by atoms with Gasteiger partial charge >= 0.3 is 0 Å². The molecule has 1 amide bonds. The molecule has 2 aromatic carbocycles. The average Bonchev–Trinajstić information content (AvgIpc) is 3.16. The van der Waals surface area contributed by atoms with Crippen molar-refractivity contribution in [2.75, 3.05) is 0 Å². The lowest BCUT2D eigenvalue weighted by Gasteiger charge is -2.34. The van der Waals surface area contributed by atoms with Crippen LogP contribution in [0.15, 0.2) is 36.4 Å². The van der Waals surface area contributed by atoms with Crippen LogP contribution in [0.3, 0.4) is 0 Å². The van der Waals surface area contributed by atoms with Crippen molar-refractivity contribution in [3.63, 3.8) is 0 Å². The predicted octanol–water partition coefficient (Wildman–Crippen LogP) is 7.55. The zero-order chi connectivity index (χ0) is 25.3. The first kappa shape index (κ1) is 25.6. The van der Waals surface area contributed by atoms with E-state index in [9.17, 15) is 13.6 Å². The Kier molecular flexibility index (Phi) is 7.80. The molecule has 0 aliphatic heterocycles. The lowest BCUT2D eigenvalue weighted by Crippen LogP contribution is -2.47. The number of amides is 1. The van der Waals surface area contributed by atoms with Gasteiger partial charge in [-0.2, -0.15) is 0 Å². The van der Waals surface area contributed by atoms with Gasteiger partial charge in [-0.25, -0.2) is 13.8 Å². The van der Waals surface area contributed by atoms with Gasteiger partial charge < -0.3 is 9.88 Å². The van der Waals surface area contributed by atoms with E-state index in [0.29, 0.717) is 21.9 Å². The summed E-state index contributed by atoms with van der Waals surface area (Å²) in [6.07, 6.45) is 5.02. The summed E-state index contributed by atoms with van der Waals surface area (Å²) >= 11 is 6.12. The summed E-state index contributed by atoms with van der Waals surface area (Å²) in [7, 11) is 0. The minimum atomic E-state index is -0.955. The molecule has 1 atom stereocenters. The molecule has 1 fully saturated rings. The predicted molar refractivity (Wildman–Crippen MR) is 137 cm³/mol. The Morgan fingerprint density at radius 1 is 1.00 bits per heavy atom. The van der Waals surface area contributed by atoms with Crippen molar-refractivity contribution >= 4 is 28.5 Å². The summed E-state index contributed by atoms with van der Waals surface area (Å²) in [5.74, 6) is -0.906. The molecule has 1 aromatic heterocycles. The van der Waals surface area contributed by atoms with E-state index in [4.69, 9.17) is 16.6 Å². The van der Waals surface area contributed by atoms with E-state index in [-0.39, 0.29) is 29.7 Å². The number of carbonyl (C=O) groups is 1. The lowest BCUT2D eigenvalue weighted by atomic mass is 9.82. The third-order valence-electron chi connectivity index (χ3n) is 7.22. The van der Waals surface area contributed by atoms with Crippen LogP contribution in [0.25, 0.3) is 22.4 Å². The maximum absolute atomic E-state index is 14.5. The van der Waals surface area contributed by atoms with Crippen LogP contribution in [-0.4, -0.2) is 21.5 Å². The standard InChI is InChI=1S/C28H34ClF2N3O/c1-16(2)25(17(3)4)33-28(35)26(18-8-6-5-7-9-18)34-24-15-22(31)21(30)14-23(24)32-27(34)19-10-12-20(29)13-11-19/h10-18,25-26H,5-9H2,1-4H3,(H,33,35). The number of halogens is 3. The van der Waals surface area contributed by atoms with Crippen molar-refractivity contribution in [2.45, 2.75) is 71.9 Å². The second-order valence-electron chi connectivity index (χ2n) is 10.4. The first-order chi connectivity index (χ1) is 16.7. The molecule has 0 radical (unpaired) electrons. The van der Waals surface area contributed by atoms with E-state index in [0.717, 1.165) is 43.7 Å². The zero-order valence-electron chi connectivity index (χ0n) is 20.8. The van der Waals surface area contributed by atoms with Crippen LogP contribution in [-0.2, 0) is 4.79 Å². The Labute approximate surface area is 211 Å². The number of hydrogen-bond donors (Lipinski definition) is 1. The Morgan fingerprint density at radius 2 is 1.60 bits per heavy atom. The molecule has 1 saturated carbocycles. The van der Waals surface area contributed by atoms with Gasteiger partial charge in [0.15, 0.2) is 11.6 Å². The van der Waals surface area contributed by atoms with E-state index >= 15 is 0 Å². The highest BCUT2D eigenvalue weighted by Crippen LogP contribution is 2.39. The molecule has 188 valence electrons. The maximum Gasteiger partial charge on any atom is 0.243 e. The highest BCUT2D eigenvalue weighted by atomic mass is 35.5. The Hall–Kier alpha value is -2.47. The van der Waals surface area contributed by atoms with Gasteiger partial charge in [0.25, 0.3) is 0 Å². The van der Waals surface area contributed by atoms with Crippen LogP contribution in [0.4, 0.5) is 8.78 Å². The first-order valence-corrected chi connectivity index (χ1v) is 13.0. The van der Waals surface area contributed by atoms with Gasteiger partial charge in [0.2, 0.25) is 5.91 Å². The second kappa shape index (κ2) is 10.7. The molecule has 35 heavy (non-hydrogen) atoms. The number of rotatable bonds is 7. The molecule has 4 nitrogen and oxygen atoms in total. The molecule has 1 heterocycles. The minimum absolute atomic E-state index is 0.00320. The summed E-state index contributed by atoms with van der Waals surface area (Å²) in [4.78, 5) is 18.7. The molecule has 1 unspecified atom stereocenters. The fraction of sp³-hybridized carbons (Fsp3) is 0.500. The molecule has 4 rings (SSSR count). The van der Waals surface area contributed by atoms with E-state index in [1.165, 1.54) is 6.07 Å². The molecule has 1 aliphatic carbocycles. The fourth-order valence-electron chi connectivity index (χ4n) is 5.52. The topological polar surface area (TPSA) is 46.9 Å². The normalized spacial score (nSPS) is 15.9. The van der Waals surface area contributed by atoms with Crippen molar-refractivity contribution in [1.82, 2.24) is 14.9 Å². The Bertz CT molecular complexity index is 1180. The van der Waals surface area contributed by atoms with Crippen LogP contribution in [0.1, 0.15) is 65.8 Å². The van der Waals surface area contributed by atoms with E-state index in [1.54, 1.807) is 12.1 Å².